The van der Waals surface area contributed by atoms with Crippen molar-refractivity contribution in [3.63, 3.8) is 0 Å². The van der Waals surface area contributed by atoms with Gasteiger partial charge < -0.3 is 20.3 Å². The molecule has 2 fully saturated rings. The molecule has 2 amide bonds. The molecule has 0 aromatic heterocycles. The van der Waals surface area contributed by atoms with Crippen LogP contribution in [0.5, 0.6) is 0 Å². The lowest BCUT2D eigenvalue weighted by molar-refractivity contribution is -0.130. The van der Waals surface area contributed by atoms with Crippen molar-refractivity contribution in [1.82, 2.24) is 9.80 Å². The number of rotatable bonds is 6. The van der Waals surface area contributed by atoms with Gasteiger partial charge in [-0.3, -0.25) is 4.79 Å². The highest BCUT2D eigenvalue weighted by Gasteiger charge is 2.38. The first kappa shape index (κ1) is 16.8. The molecule has 0 bridgehead atoms. The highest BCUT2D eigenvalue weighted by molar-refractivity contribution is 5.78. The number of amides is 2. The van der Waals surface area contributed by atoms with Crippen LogP contribution in [-0.2, 0) is 16.1 Å². The van der Waals surface area contributed by atoms with Gasteiger partial charge in [-0.15, -0.1) is 0 Å². The van der Waals surface area contributed by atoms with Crippen LogP contribution in [0.4, 0.5) is 4.79 Å². The second-order valence-electron chi connectivity index (χ2n) is 6.51. The van der Waals surface area contributed by atoms with Gasteiger partial charge in [0.2, 0.25) is 5.91 Å². The molecule has 1 aliphatic heterocycles. The number of carbonyl (C=O) groups is 2. The second-order valence-corrected chi connectivity index (χ2v) is 6.51. The zero-order valence-corrected chi connectivity index (χ0v) is 13.9. The molecule has 1 aromatic rings. The van der Waals surface area contributed by atoms with E-state index in [0.717, 1.165) is 37.8 Å². The Kier molecular flexibility index (Phi) is 5.35. The van der Waals surface area contributed by atoms with Gasteiger partial charge in [-0.1, -0.05) is 30.3 Å². The molecule has 1 saturated carbocycles. The third kappa shape index (κ3) is 4.06. The van der Waals surface area contributed by atoms with Crippen molar-refractivity contribution >= 4 is 12.0 Å². The lowest BCUT2D eigenvalue weighted by Gasteiger charge is -2.30. The number of carbonyl (C=O) groups excluding carboxylic acids is 2. The molecular formula is C18H25N3O3. The number of nitrogens with two attached hydrogens (primary N) is 1. The highest BCUT2D eigenvalue weighted by Crippen LogP contribution is 2.30. The Hall–Kier alpha value is -2.08. The molecule has 2 aliphatic rings. The van der Waals surface area contributed by atoms with Gasteiger partial charge in [-0.25, -0.2) is 4.79 Å². The molecule has 6 nitrogen and oxygen atoms in total. The van der Waals surface area contributed by atoms with Gasteiger partial charge in [0.1, 0.15) is 6.61 Å². The average Bonchev–Trinajstić information content (AvgIpc) is 3.35. The summed E-state index contributed by atoms with van der Waals surface area (Å²) in [5, 5.41) is 0. The van der Waals surface area contributed by atoms with E-state index in [-0.39, 0.29) is 37.2 Å². The van der Waals surface area contributed by atoms with E-state index in [9.17, 15) is 9.59 Å². The maximum Gasteiger partial charge on any atom is 0.410 e. The fourth-order valence-corrected chi connectivity index (χ4v) is 3.26. The minimum Gasteiger partial charge on any atom is -0.445 e. The van der Waals surface area contributed by atoms with Crippen LogP contribution in [0.3, 0.4) is 0 Å². The van der Waals surface area contributed by atoms with E-state index < -0.39 is 0 Å². The van der Waals surface area contributed by atoms with E-state index in [1.165, 1.54) is 0 Å². The van der Waals surface area contributed by atoms with Crippen molar-refractivity contribution < 1.29 is 14.3 Å². The first-order chi connectivity index (χ1) is 11.7. The predicted octanol–water partition coefficient (Wildman–Crippen LogP) is 1.74. The fourth-order valence-electron chi connectivity index (χ4n) is 3.26. The van der Waals surface area contributed by atoms with Crippen LogP contribution in [0.1, 0.15) is 31.2 Å². The summed E-state index contributed by atoms with van der Waals surface area (Å²) in [6, 6.07) is 9.98. The summed E-state index contributed by atoms with van der Waals surface area (Å²) in [6.45, 7) is 1.58. The van der Waals surface area contributed by atoms with Crippen molar-refractivity contribution in [3.05, 3.63) is 35.9 Å². The number of benzene rings is 1. The molecule has 1 heterocycles. The van der Waals surface area contributed by atoms with Gasteiger partial charge in [-0.05, 0) is 31.2 Å². The number of hydrogen-bond acceptors (Lipinski definition) is 4. The molecular weight excluding hydrogens is 306 g/mol. The third-order valence-electron chi connectivity index (χ3n) is 4.71. The largest absolute Gasteiger partial charge is 0.445 e. The summed E-state index contributed by atoms with van der Waals surface area (Å²) >= 11 is 0. The molecule has 1 atom stereocenters. The van der Waals surface area contributed by atoms with Crippen LogP contribution in [-0.4, -0.2) is 53.5 Å². The normalized spacial score (nSPS) is 20.0. The summed E-state index contributed by atoms with van der Waals surface area (Å²) in [5.74, 6) is -0.0362. The van der Waals surface area contributed by atoms with Gasteiger partial charge in [0.05, 0.1) is 6.54 Å². The lowest BCUT2D eigenvalue weighted by atomic mass is 10.2. The Morgan fingerprint density at radius 1 is 1.21 bits per heavy atom. The molecule has 1 aliphatic carbocycles. The summed E-state index contributed by atoms with van der Waals surface area (Å²) < 4.78 is 5.48. The lowest BCUT2D eigenvalue weighted by Crippen LogP contribution is -2.47. The van der Waals surface area contributed by atoms with E-state index in [1.54, 1.807) is 4.90 Å². The molecule has 0 radical (unpaired) electrons. The average molecular weight is 331 g/mol. The van der Waals surface area contributed by atoms with Crippen molar-refractivity contribution in [2.75, 3.05) is 19.6 Å². The topological polar surface area (TPSA) is 75.9 Å². The first-order valence-electron chi connectivity index (χ1n) is 8.66. The van der Waals surface area contributed by atoms with Crippen molar-refractivity contribution in [2.45, 2.75) is 44.4 Å². The van der Waals surface area contributed by atoms with Crippen LogP contribution in [0.15, 0.2) is 30.3 Å². The summed E-state index contributed by atoms with van der Waals surface area (Å²) in [6.07, 6.45) is 3.62. The van der Waals surface area contributed by atoms with Crippen LogP contribution >= 0.6 is 0 Å². The van der Waals surface area contributed by atoms with Crippen molar-refractivity contribution in [2.24, 2.45) is 5.73 Å². The SMILES string of the molecule is NCC(=O)N1CCC[C@@H]1CN(C(=O)OCc1ccccc1)C1CC1. The number of hydrogen-bond donors (Lipinski definition) is 1. The Labute approximate surface area is 142 Å². The van der Waals surface area contributed by atoms with Crippen LogP contribution in [0, 0.1) is 0 Å². The van der Waals surface area contributed by atoms with Crippen molar-refractivity contribution in [1.29, 1.82) is 0 Å². The fraction of sp³-hybridized carbons (Fsp3) is 0.556. The maximum absolute atomic E-state index is 12.5. The number of likely N-dealkylation sites (tertiary alicyclic amines) is 1. The Bertz CT molecular complexity index is 574. The van der Waals surface area contributed by atoms with Gasteiger partial charge in [0.25, 0.3) is 0 Å². The highest BCUT2D eigenvalue weighted by atomic mass is 16.6. The molecule has 2 N–H and O–H groups in total. The summed E-state index contributed by atoms with van der Waals surface area (Å²) in [4.78, 5) is 28.1. The summed E-state index contributed by atoms with van der Waals surface area (Å²) in [7, 11) is 0. The van der Waals surface area contributed by atoms with Crippen LogP contribution in [0.2, 0.25) is 0 Å². The van der Waals surface area contributed by atoms with Gasteiger partial charge in [0, 0.05) is 25.2 Å². The van der Waals surface area contributed by atoms with E-state index in [1.807, 2.05) is 35.2 Å². The van der Waals surface area contributed by atoms with E-state index in [2.05, 4.69) is 0 Å². The minimum absolute atomic E-state index is 0.0262. The standard InChI is InChI=1S/C18H25N3O3/c19-11-17(22)20-10-4-7-16(20)12-21(15-8-9-15)18(23)24-13-14-5-2-1-3-6-14/h1-3,5-6,15-16H,4,7-13,19H2/t16-/m1/s1. The number of ether oxygens (including phenoxy) is 1. The van der Waals surface area contributed by atoms with Gasteiger partial charge in [0.15, 0.2) is 0 Å². The number of nitrogens with zero attached hydrogens (tertiary/aromatic N) is 2. The van der Waals surface area contributed by atoms with E-state index >= 15 is 0 Å². The smallest absolute Gasteiger partial charge is 0.410 e. The van der Waals surface area contributed by atoms with Gasteiger partial charge >= 0.3 is 6.09 Å². The van der Waals surface area contributed by atoms with Crippen LogP contribution in [0.25, 0.3) is 0 Å². The van der Waals surface area contributed by atoms with Gasteiger partial charge in [-0.2, -0.15) is 0 Å². The molecule has 1 saturated heterocycles. The molecule has 3 rings (SSSR count). The monoisotopic (exact) mass is 331 g/mol. The van der Waals surface area contributed by atoms with Crippen molar-refractivity contribution in [3.8, 4) is 0 Å². The maximum atomic E-state index is 12.5. The molecule has 24 heavy (non-hydrogen) atoms. The Morgan fingerprint density at radius 3 is 2.62 bits per heavy atom. The zero-order chi connectivity index (χ0) is 16.9. The van der Waals surface area contributed by atoms with Crippen LogP contribution < -0.4 is 5.73 Å². The Balaban J connectivity index is 1.58. The molecule has 0 spiro atoms. The minimum atomic E-state index is -0.284. The second kappa shape index (κ2) is 7.66. The molecule has 1 aromatic carbocycles. The quantitative estimate of drug-likeness (QED) is 0.861. The first-order valence-corrected chi connectivity index (χ1v) is 8.66. The van der Waals surface area contributed by atoms with E-state index in [0.29, 0.717) is 6.54 Å². The molecule has 6 heteroatoms. The Morgan fingerprint density at radius 2 is 1.96 bits per heavy atom. The molecule has 130 valence electrons. The third-order valence-corrected chi connectivity index (χ3v) is 4.71. The summed E-state index contributed by atoms with van der Waals surface area (Å²) in [5.41, 5.74) is 6.47. The predicted molar refractivity (Wildman–Crippen MR) is 90.1 cm³/mol. The van der Waals surface area contributed by atoms with E-state index in [4.69, 9.17) is 10.5 Å². The molecule has 0 unspecified atom stereocenters. The zero-order valence-electron chi connectivity index (χ0n) is 13.9.